The third kappa shape index (κ3) is 4.43. The van der Waals surface area contributed by atoms with Gasteiger partial charge in [-0.3, -0.25) is 0 Å². The third-order valence-electron chi connectivity index (χ3n) is 3.31. The van der Waals surface area contributed by atoms with Crippen molar-refractivity contribution in [1.82, 2.24) is 14.8 Å². The summed E-state index contributed by atoms with van der Waals surface area (Å²) in [6.07, 6.45) is 2.72. The average molecular weight is 339 g/mol. The number of halogens is 3. The molecule has 0 radical (unpaired) electrons. The molecule has 0 amide bonds. The number of hydrogen-bond acceptors (Lipinski definition) is 3. The third-order valence-corrected chi connectivity index (χ3v) is 3.31. The molecule has 2 heterocycles. The van der Waals surface area contributed by atoms with Gasteiger partial charge in [-0.15, -0.1) is 0 Å². The van der Waals surface area contributed by atoms with Gasteiger partial charge in [-0.2, -0.15) is 18.3 Å². The summed E-state index contributed by atoms with van der Waals surface area (Å²) in [5.41, 5.74) is 0.444. The van der Waals surface area contributed by atoms with Crippen LogP contribution in [0.5, 0.6) is 0 Å². The summed E-state index contributed by atoms with van der Waals surface area (Å²) in [6, 6.07) is 2.16. The van der Waals surface area contributed by atoms with E-state index in [1.54, 1.807) is 6.20 Å². The molecule has 0 saturated heterocycles. The summed E-state index contributed by atoms with van der Waals surface area (Å²) in [5.74, 6) is -0.854. The normalized spacial score (nSPS) is 12.0. The van der Waals surface area contributed by atoms with Crippen molar-refractivity contribution in [2.24, 2.45) is 0 Å². The monoisotopic (exact) mass is 339 g/mol. The van der Waals surface area contributed by atoms with Gasteiger partial charge in [0.15, 0.2) is 5.82 Å². The molecular weight excluding hydrogens is 323 g/mol. The van der Waals surface area contributed by atoms with Crippen LogP contribution in [0.15, 0.2) is 30.6 Å². The van der Waals surface area contributed by atoms with Crippen LogP contribution in [0.1, 0.15) is 36.6 Å². The van der Waals surface area contributed by atoms with Crippen LogP contribution in [0.2, 0.25) is 0 Å². The largest absolute Gasteiger partial charge is 0.478 e. The topological polar surface area (TPSA) is 68.0 Å². The molecule has 8 heteroatoms. The van der Waals surface area contributed by atoms with Gasteiger partial charge in [0, 0.05) is 24.0 Å². The van der Waals surface area contributed by atoms with Crippen molar-refractivity contribution in [2.45, 2.75) is 32.4 Å². The van der Waals surface area contributed by atoms with Gasteiger partial charge in [0.25, 0.3) is 0 Å². The summed E-state index contributed by atoms with van der Waals surface area (Å²) in [5, 5.41) is 13.1. The Bertz CT molecular complexity index is 734. The summed E-state index contributed by atoms with van der Waals surface area (Å²) in [4.78, 5) is 14.5. The van der Waals surface area contributed by atoms with Gasteiger partial charge < -0.3 is 5.11 Å². The number of aliphatic carboxylic acids is 1. The molecule has 24 heavy (non-hydrogen) atoms. The highest BCUT2D eigenvalue weighted by Gasteiger charge is 2.30. The Balaban J connectivity index is 2.34. The molecular formula is C16H16F3N3O2. The lowest BCUT2D eigenvalue weighted by Gasteiger charge is -2.06. The first-order chi connectivity index (χ1) is 11.3. The number of pyridine rings is 1. The van der Waals surface area contributed by atoms with Crippen LogP contribution in [-0.4, -0.2) is 25.8 Å². The quantitative estimate of drug-likeness (QED) is 0.815. The zero-order valence-corrected chi connectivity index (χ0v) is 12.9. The molecule has 2 aromatic heterocycles. The lowest BCUT2D eigenvalue weighted by molar-refractivity contribution is -0.137. The molecule has 0 aliphatic rings. The lowest BCUT2D eigenvalue weighted by atomic mass is 10.1. The van der Waals surface area contributed by atoms with Crippen LogP contribution in [0.25, 0.3) is 11.9 Å². The SMILES string of the molecule is CCCCc1nn(-c2ccc(C(F)(F)F)cn2)cc1/C=C/C(=O)O. The van der Waals surface area contributed by atoms with E-state index in [9.17, 15) is 18.0 Å². The maximum Gasteiger partial charge on any atom is 0.417 e. The van der Waals surface area contributed by atoms with Gasteiger partial charge in [-0.25, -0.2) is 14.5 Å². The molecule has 0 atom stereocenters. The number of nitrogens with zero attached hydrogens (tertiary/aromatic N) is 3. The van der Waals surface area contributed by atoms with Crippen LogP contribution in [0.3, 0.4) is 0 Å². The minimum absolute atomic E-state index is 0.232. The highest BCUT2D eigenvalue weighted by atomic mass is 19.4. The Morgan fingerprint density at radius 1 is 1.38 bits per heavy atom. The lowest BCUT2D eigenvalue weighted by Crippen LogP contribution is -2.07. The van der Waals surface area contributed by atoms with Crippen LogP contribution in [0, 0.1) is 0 Å². The van der Waals surface area contributed by atoms with Crippen molar-refractivity contribution in [3.05, 3.63) is 47.4 Å². The smallest absolute Gasteiger partial charge is 0.417 e. The first-order valence-corrected chi connectivity index (χ1v) is 7.34. The molecule has 0 unspecified atom stereocenters. The Hall–Kier alpha value is -2.64. The molecule has 0 aromatic carbocycles. The number of aryl methyl sites for hydroxylation is 1. The molecule has 0 spiro atoms. The van der Waals surface area contributed by atoms with Gasteiger partial charge in [-0.1, -0.05) is 13.3 Å². The fourth-order valence-corrected chi connectivity index (χ4v) is 2.07. The van der Waals surface area contributed by atoms with Gasteiger partial charge in [-0.05, 0) is 31.1 Å². The van der Waals surface area contributed by atoms with Crippen LogP contribution in [-0.2, 0) is 17.4 Å². The van der Waals surface area contributed by atoms with Crippen molar-refractivity contribution in [2.75, 3.05) is 0 Å². The molecule has 0 saturated carbocycles. The van der Waals surface area contributed by atoms with Crippen LogP contribution >= 0.6 is 0 Å². The van der Waals surface area contributed by atoms with Crippen molar-refractivity contribution < 1.29 is 23.1 Å². The number of rotatable bonds is 6. The predicted molar refractivity (Wildman–Crippen MR) is 81.6 cm³/mol. The van der Waals surface area contributed by atoms with Crippen molar-refractivity contribution in [3.8, 4) is 5.82 Å². The van der Waals surface area contributed by atoms with Crippen LogP contribution < -0.4 is 0 Å². The molecule has 128 valence electrons. The van der Waals surface area contributed by atoms with Gasteiger partial charge in [0.1, 0.15) is 0 Å². The Kier molecular flexibility index (Phi) is 5.38. The van der Waals surface area contributed by atoms with Crippen molar-refractivity contribution >= 4 is 12.0 Å². The maximum absolute atomic E-state index is 12.6. The number of carboxylic acids is 1. The first-order valence-electron chi connectivity index (χ1n) is 7.34. The maximum atomic E-state index is 12.6. The Morgan fingerprint density at radius 2 is 2.12 bits per heavy atom. The second-order valence-corrected chi connectivity index (χ2v) is 5.15. The highest BCUT2D eigenvalue weighted by molar-refractivity contribution is 5.85. The van der Waals surface area contributed by atoms with E-state index in [1.807, 2.05) is 6.92 Å². The standard InChI is InChI=1S/C16H16F3N3O2/c1-2-3-4-13-11(5-8-15(23)24)10-22(21-13)14-7-6-12(9-20-14)16(17,18)19/h5-10H,2-4H2,1H3,(H,23,24)/b8-5+. The van der Waals surface area contributed by atoms with Crippen molar-refractivity contribution in [1.29, 1.82) is 0 Å². The van der Waals surface area contributed by atoms with E-state index < -0.39 is 17.7 Å². The molecule has 5 nitrogen and oxygen atoms in total. The number of unbranched alkanes of at least 4 members (excludes halogenated alkanes) is 1. The number of hydrogen-bond donors (Lipinski definition) is 1. The molecule has 0 fully saturated rings. The van der Waals surface area contributed by atoms with E-state index in [2.05, 4.69) is 10.1 Å². The van der Waals surface area contributed by atoms with Crippen molar-refractivity contribution in [3.63, 3.8) is 0 Å². The van der Waals surface area contributed by atoms with Crippen LogP contribution in [0.4, 0.5) is 13.2 Å². The molecule has 2 aromatic rings. The predicted octanol–water partition coefficient (Wildman–Crippen LogP) is 3.73. The molecule has 2 rings (SSSR count). The van der Waals surface area contributed by atoms with Gasteiger partial charge >= 0.3 is 12.1 Å². The zero-order valence-electron chi connectivity index (χ0n) is 12.9. The summed E-state index contributed by atoms with van der Waals surface area (Å²) < 4.78 is 39.1. The fourth-order valence-electron chi connectivity index (χ4n) is 2.07. The van der Waals surface area contributed by atoms with E-state index in [1.165, 1.54) is 16.8 Å². The first kappa shape index (κ1) is 17.7. The summed E-state index contributed by atoms with van der Waals surface area (Å²) in [7, 11) is 0. The number of alkyl halides is 3. The van der Waals surface area contributed by atoms with Gasteiger partial charge in [0.05, 0.1) is 11.3 Å². The summed E-state index contributed by atoms with van der Waals surface area (Å²) >= 11 is 0. The van der Waals surface area contributed by atoms with Gasteiger partial charge in [0.2, 0.25) is 0 Å². The van der Waals surface area contributed by atoms with E-state index in [0.29, 0.717) is 17.7 Å². The molecule has 0 aliphatic heterocycles. The minimum atomic E-state index is -4.45. The average Bonchev–Trinajstić information content (AvgIpc) is 2.93. The summed E-state index contributed by atoms with van der Waals surface area (Å²) in [6.45, 7) is 2.02. The number of carboxylic acid groups (broad SMARTS) is 1. The van der Waals surface area contributed by atoms with E-state index >= 15 is 0 Å². The fraction of sp³-hybridized carbons (Fsp3) is 0.312. The zero-order chi connectivity index (χ0) is 17.7. The van der Waals surface area contributed by atoms with E-state index in [-0.39, 0.29) is 5.82 Å². The molecule has 0 bridgehead atoms. The van der Waals surface area contributed by atoms with E-state index in [0.717, 1.165) is 31.2 Å². The minimum Gasteiger partial charge on any atom is -0.478 e. The number of carbonyl (C=O) groups is 1. The number of aromatic nitrogens is 3. The Morgan fingerprint density at radius 3 is 2.67 bits per heavy atom. The second kappa shape index (κ2) is 7.29. The highest BCUT2D eigenvalue weighted by Crippen LogP contribution is 2.28. The Labute approximate surface area is 136 Å². The molecule has 1 N–H and O–H groups in total. The second-order valence-electron chi connectivity index (χ2n) is 5.15. The molecule has 0 aliphatic carbocycles. The van der Waals surface area contributed by atoms with E-state index in [4.69, 9.17) is 5.11 Å².